The summed E-state index contributed by atoms with van der Waals surface area (Å²) in [5, 5.41) is 11.9. The molecule has 0 N–H and O–H groups in total. The topological polar surface area (TPSA) is 143 Å². The number of aromatic nitrogens is 1. The SMILES string of the molecule is CS(=O)(=O)OCCN(CCBr)c1ccc([N+](=O)[O-])cc1S(=O)(=O)N1CCN(Cc2cccnc2)CC1. The molecule has 2 heterocycles. The third kappa shape index (κ3) is 7.66. The Morgan fingerprint density at radius 1 is 1.14 bits per heavy atom. The van der Waals surface area contributed by atoms with Crippen LogP contribution >= 0.6 is 15.9 Å². The highest BCUT2D eigenvalue weighted by Crippen LogP contribution is 2.32. The average molecular weight is 607 g/mol. The molecule has 1 aromatic heterocycles. The van der Waals surface area contributed by atoms with Crippen LogP contribution < -0.4 is 4.90 Å². The van der Waals surface area contributed by atoms with E-state index in [1.807, 2.05) is 12.1 Å². The minimum Gasteiger partial charge on any atom is -0.367 e. The number of pyridine rings is 1. The lowest BCUT2D eigenvalue weighted by atomic mass is 10.2. The number of anilines is 1. The van der Waals surface area contributed by atoms with E-state index in [9.17, 15) is 26.9 Å². The van der Waals surface area contributed by atoms with Crippen LogP contribution in [0.2, 0.25) is 0 Å². The molecule has 1 aromatic carbocycles. The van der Waals surface area contributed by atoms with Gasteiger partial charge in [0.2, 0.25) is 10.0 Å². The number of alkyl halides is 1. The van der Waals surface area contributed by atoms with E-state index >= 15 is 0 Å². The Kier molecular flexibility index (Phi) is 9.77. The molecule has 0 bridgehead atoms. The number of nitro groups is 1. The smallest absolute Gasteiger partial charge is 0.270 e. The molecule has 0 aliphatic carbocycles. The molecule has 1 fully saturated rings. The largest absolute Gasteiger partial charge is 0.367 e. The Bertz CT molecular complexity index is 1250. The highest BCUT2D eigenvalue weighted by atomic mass is 79.9. The van der Waals surface area contributed by atoms with Crippen molar-refractivity contribution in [2.75, 3.05) is 62.4 Å². The zero-order valence-corrected chi connectivity index (χ0v) is 22.9. The van der Waals surface area contributed by atoms with Crippen LogP contribution in [0.25, 0.3) is 0 Å². The molecule has 0 radical (unpaired) electrons. The molecule has 0 unspecified atom stereocenters. The van der Waals surface area contributed by atoms with E-state index in [0.717, 1.165) is 17.9 Å². The summed E-state index contributed by atoms with van der Waals surface area (Å²) in [6, 6.07) is 7.48. The van der Waals surface area contributed by atoms with E-state index < -0.39 is 25.1 Å². The highest BCUT2D eigenvalue weighted by molar-refractivity contribution is 9.09. The van der Waals surface area contributed by atoms with Gasteiger partial charge in [-0.25, -0.2) is 8.42 Å². The molecular formula is C21H28BrN5O7S2. The van der Waals surface area contributed by atoms with Crippen molar-refractivity contribution in [3.05, 3.63) is 58.4 Å². The third-order valence-electron chi connectivity index (χ3n) is 5.59. The number of nitro benzene ring substituents is 1. The number of halogens is 1. The minimum absolute atomic E-state index is 0.0674. The summed E-state index contributed by atoms with van der Waals surface area (Å²) in [5.74, 6) is 0. The summed E-state index contributed by atoms with van der Waals surface area (Å²) in [4.78, 5) is 18.5. The van der Waals surface area contributed by atoms with Gasteiger partial charge >= 0.3 is 0 Å². The number of benzene rings is 1. The zero-order chi connectivity index (χ0) is 26.3. The van der Waals surface area contributed by atoms with E-state index in [1.165, 1.54) is 16.4 Å². The first-order chi connectivity index (χ1) is 17.0. The number of sulfonamides is 1. The summed E-state index contributed by atoms with van der Waals surface area (Å²) in [7, 11) is -7.77. The maximum Gasteiger partial charge on any atom is 0.270 e. The molecule has 198 valence electrons. The summed E-state index contributed by atoms with van der Waals surface area (Å²) in [6.45, 7) is 2.26. The predicted octanol–water partition coefficient (Wildman–Crippen LogP) is 1.67. The molecule has 12 nitrogen and oxygen atoms in total. The van der Waals surface area contributed by atoms with Crippen molar-refractivity contribution in [1.29, 1.82) is 0 Å². The van der Waals surface area contributed by atoms with Gasteiger partial charge in [0.15, 0.2) is 0 Å². The molecule has 3 rings (SSSR count). The summed E-state index contributed by atoms with van der Waals surface area (Å²) < 4.78 is 56.3. The number of nitrogens with zero attached hydrogens (tertiary/aromatic N) is 5. The Morgan fingerprint density at radius 3 is 2.44 bits per heavy atom. The van der Waals surface area contributed by atoms with Crippen molar-refractivity contribution in [2.24, 2.45) is 0 Å². The first-order valence-electron chi connectivity index (χ1n) is 11.1. The number of piperazine rings is 1. The Morgan fingerprint density at radius 2 is 1.86 bits per heavy atom. The van der Waals surface area contributed by atoms with E-state index in [2.05, 4.69) is 25.8 Å². The van der Waals surface area contributed by atoms with E-state index in [4.69, 9.17) is 4.18 Å². The fourth-order valence-electron chi connectivity index (χ4n) is 3.85. The summed E-state index contributed by atoms with van der Waals surface area (Å²) in [6.07, 6.45) is 4.39. The van der Waals surface area contributed by atoms with Gasteiger partial charge in [0, 0.05) is 75.7 Å². The van der Waals surface area contributed by atoms with Crippen molar-refractivity contribution in [3.63, 3.8) is 0 Å². The lowest BCUT2D eigenvalue weighted by Crippen LogP contribution is -2.48. The summed E-state index contributed by atoms with van der Waals surface area (Å²) in [5.41, 5.74) is 0.921. The Labute approximate surface area is 219 Å². The first-order valence-corrected chi connectivity index (χ1v) is 15.4. The first kappa shape index (κ1) is 28.4. The van der Waals surface area contributed by atoms with E-state index in [-0.39, 0.29) is 42.5 Å². The lowest BCUT2D eigenvalue weighted by molar-refractivity contribution is -0.385. The lowest BCUT2D eigenvalue weighted by Gasteiger charge is -2.35. The molecule has 2 aromatic rings. The second kappa shape index (κ2) is 12.4. The van der Waals surface area contributed by atoms with Crippen LogP contribution in [0.3, 0.4) is 0 Å². The van der Waals surface area contributed by atoms with Gasteiger partial charge in [-0.05, 0) is 17.7 Å². The number of rotatable bonds is 12. The van der Waals surface area contributed by atoms with Crippen LogP contribution in [-0.4, -0.2) is 93.4 Å². The fourth-order valence-corrected chi connectivity index (χ4v) is 6.31. The average Bonchev–Trinajstić information content (AvgIpc) is 2.83. The number of non-ortho nitro benzene ring substituents is 1. The molecule has 15 heteroatoms. The van der Waals surface area contributed by atoms with Gasteiger partial charge in [0.05, 0.1) is 23.5 Å². The second-order valence-electron chi connectivity index (χ2n) is 8.15. The van der Waals surface area contributed by atoms with Crippen LogP contribution in [0.1, 0.15) is 5.56 Å². The summed E-state index contributed by atoms with van der Waals surface area (Å²) >= 11 is 3.32. The van der Waals surface area contributed by atoms with Gasteiger partial charge in [-0.2, -0.15) is 12.7 Å². The van der Waals surface area contributed by atoms with Gasteiger partial charge in [0.25, 0.3) is 15.8 Å². The Hall–Kier alpha value is -2.17. The van der Waals surface area contributed by atoms with Gasteiger partial charge < -0.3 is 4.90 Å². The standard InChI is InChI=1S/C21H28BrN5O7S2/c1-35(30,31)34-14-13-25(8-6-22)20-5-4-19(27(28)29)15-21(20)36(32,33)26-11-9-24(10-12-26)17-18-3-2-7-23-16-18/h2-5,7,15-16H,6,8-14,17H2,1H3. The molecule has 0 spiro atoms. The molecule has 1 aliphatic heterocycles. The molecule has 1 saturated heterocycles. The van der Waals surface area contributed by atoms with Gasteiger partial charge in [-0.1, -0.05) is 22.0 Å². The van der Waals surface area contributed by atoms with E-state index in [0.29, 0.717) is 31.5 Å². The third-order valence-corrected chi connectivity index (χ3v) is 8.46. The monoisotopic (exact) mass is 605 g/mol. The fraction of sp³-hybridized carbons (Fsp3) is 0.476. The van der Waals surface area contributed by atoms with Gasteiger partial charge in [0.1, 0.15) is 4.90 Å². The van der Waals surface area contributed by atoms with Crippen LogP contribution in [0.4, 0.5) is 11.4 Å². The number of hydrogen-bond acceptors (Lipinski definition) is 10. The predicted molar refractivity (Wildman–Crippen MR) is 138 cm³/mol. The zero-order valence-electron chi connectivity index (χ0n) is 19.7. The second-order valence-corrected chi connectivity index (χ2v) is 12.5. The minimum atomic E-state index is -4.09. The van der Waals surface area contributed by atoms with Crippen molar-refractivity contribution in [3.8, 4) is 0 Å². The van der Waals surface area contributed by atoms with Crippen LogP contribution in [0.15, 0.2) is 47.6 Å². The van der Waals surface area contributed by atoms with Crippen LogP contribution in [-0.2, 0) is 30.9 Å². The normalized spacial score (nSPS) is 15.6. The van der Waals surface area contributed by atoms with Crippen molar-refractivity contribution < 1.29 is 25.9 Å². The van der Waals surface area contributed by atoms with Crippen molar-refractivity contribution in [2.45, 2.75) is 11.4 Å². The molecule has 0 saturated carbocycles. The molecule has 0 atom stereocenters. The molecule has 36 heavy (non-hydrogen) atoms. The molecular weight excluding hydrogens is 578 g/mol. The molecule has 1 aliphatic rings. The van der Waals surface area contributed by atoms with Crippen molar-refractivity contribution >= 4 is 47.4 Å². The Balaban J connectivity index is 1.85. The molecule has 0 amide bonds. The maximum atomic E-state index is 13.7. The van der Waals surface area contributed by atoms with Gasteiger partial charge in [-0.15, -0.1) is 0 Å². The van der Waals surface area contributed by atoms with E-state index in [1.54, 1.807) is 17.3 Å². The quantitative estimate of drug-likeness (QED) is 0.152. The van der Waals surface area contributed by atoms with Gasteiger partial charge in [-0.3, -0.25) is 24.2 Å². The van der Waals surface area contributed by atoms with Crippen molar-refractivity contribution in [1.82, 2.24) is 14.2 Å². The maximum absolute atomic E-state index is 13.7. The van der Waals surface area contributed by atoms with Crippen LogP contribution in [0, 0.1) is 10.1 Å². The van der Waals surface area contributed by atoms with Crippen LogP contribution in [0.5, 0.6) is 0 Å². The highest BCUT2D eigenvalue weighted by Gasteiger charge is 2.33. The number of hydrogen-bond donors (Lipinski definition) is 0.